The summed E-state index contributed by atoms with van der Waals surface area (Å²) in [7, 11) is 5.25. The fourth-order valence-electron chi connectivity index (χ4n) is 9.61. The molecule has 0 bridgehead atoms. The van der Waals surface area contributed by atoms with Crippen molar-refractivity contribution in [2.24, 2.45) is 17.8 Å². The second-order valence-electron chi connectivity index (χ2n) is 19.0. The Hall–Kier alpha value is -2.00. The van der Waals surface area contributed by atoms with Gasteiger partial charge in [-0.2, -0.15) is 0 Å². The Balaban J connectivity index is 2.15. The Labute approximate surface area is 364 Å². The number of amides is 2. The van der Waals surface area contributed by atoms with E-state index >= 15 is 0 Å². The Bertz CT molecular complexity index is 1390. The summed E-state index contributed by atoms with van der Waals surface area (Å²) in [6, 6.07) is -1.32. The molecule has 3 heterocycles. The molecule has 3 saturated heterocycles. The van der Waals surface area contributed by atoms with Crippen LogP contribution in [0.2, 0.25) is 0 Å². The first kappa shape index (κ1) is 53.3. The fourth-order valence-corrected chi connectivity index (χ4v) is 9.61. The SMILES string of the molecule is C=CCNC(=O)NCCCN1C[C@H](C)C[C@@](C)(O)[C@H](O[C@@H]2O[C@H](C)C[C@H](N(C)C)[C@H]2O)[C@@H](C)[C@H](O[C@H]2C[C@@](C)(OC)[C@@H](O)[C@H](C)O2)[C@@H](C)C(=O)O[C@H](CC)[C@@](C)(O)[C@H](O)[C@H]1C. The lowest BCUT2D eigenvalue weighted by molar-refractivity contribution is -0.318. The monoisotopic (exact) mass is 875 g/mol. The molecule has 356 valence electrons. The quantitative estimate of drug-likeness (QED) is 0.0801. The van der Waals surface area contributed by atoms with Crippen LogP contribution in [0.3, 0.4) is 0 Å². The van der Waals surface area contributed by atoms with Gasteiger partial charge in [-0.05, 0) is 94.2 Å². The zero-order valence-corrected chi connectivity index (χ0v) is 39.2. The van der Waals surface area contributed by atoms with Crippen molar-refractivity contribution < 1.29 is 63.5 Å². The molecule has 0 spiro atoms. The molecule has 0 radical (unpaired) electrons. The van der Waals surface area contributed by atoms with E-state index in [1.807, 2.05) is 37.7 Å². The van der Waals surface area contributed by atoms with Gasteiger partial charge in [0, 0.05) is 57.7 Å². The predicted octanol–water partition coefficient (Wildman–Crippen LogP) is 2.15. The molecule has 17 nitrogen and oxygen atoms in total. The van der Waals surface area contributed by atoms with Crippen LogP contribution < -0.4 is 10.6 Å². The van der Waals surface area contributed by atoms with Crippen LogP contribution in [0.4, 0.5) is 4.79 Å². The molecular weight excluding hydrogens is 792 g/mol. The van der Waals surface area contributed by atoms with Crippen LogP contribution >= 0.6 is 0 Å². The number of cyclic esters (lactones) is 1. The van der Waals surface area contributed by atoms with Gasteiger partial charge in [-0.3, -0.25) is 9.69 Å². The van der Waals surface area contributed by atoms with E-state index < -0.39 is 96.0 Å². The summed E-state index contributed by atoms with van der Waals surface area (Å²) in [5, 5.41) is 65.0. The van der Waals surface area contributed by atoms with Crippen molar-refractivity contribution in [1.82, 2.24) is 20.4 Å². The van der Waals surface area contributed by atoms with Crippen molar-refractivity contribution in [3.05, 3.63) is 12.7 Å². The van der Waals surface area contributed by atoms with E-state index in [1.165, 1.54) is 14.0 Å². The van der Waals surface area contributed by atoms with Crippen LogP contribution in [0.15, 0.2) is 12.7 Å². The minimum Gasteiger partial charge on any atom is -0.459 e. The van der Waals surface area contributed by atoms with Crippen molar-refractivity contribution in [3.63, 3.8) is 0 Å². The van der Waals surface area contributed by atoms with E-state index in [0.717, 1.165) is 0 Å². The Morgan fingerprint density at radius 2 is 1.66 bits per heavy atom. The van der Waals surface area contributed by atoms with Gasteiger partial charge in [-0.1, -0.05) is 26.8 Å². The number of hydrogen-bond donors (Lipinski definition) is 7. The molecule has 7 N–H and O–H groups in total. The lowest BCUT2D eigenvalue weighted by Crippen LogP contribution is -2.60. The third-order valence-corrected chi connectivity index (χ3v) is 13.3. The number of ether oxygens (including phenoxy) is 6. The molecule has 61 heavy (non-hydrogen) atoms. The van der Waals surface area contributed by atoms with Gasteiger partial charge >= 0.3 is 12.0 Å². The van der Waals surface area contributed by atoms with Crippen molar-refractivity contribution in [2.75, 3.05) is 47.4 Å². The maximum absolute atomic E-state index is 14.4. The highest BCUT2D eigenvalue weighted by molar-refractivity contribution is 5.74. The van der Waals surface area contributed by atoms with Gasteiger partial charge in [0.25, 0.3) is 0 Å². The maximum atomic E-state index is 14.4. The summed E-state index contributed by atoms with van der Waals surface area (Å²) >= 11 is 0. The summed E-state index contributed by atoms with van der Waals surface area (Å²) in [6.07, 6.45) is -6.84. The number of likely N-dealkylation sites (N-methyl/N-ethyl adjacent to an activating group) is 1. The van der Waals surface area contributed by atoms with E-state index in [9.17, 15) is 35.1 Å². The summed E-state index contributed by atoms with van der Waals surface area (Å²) in [6.45, 7) is 22.5. The van der Waals surface area contributed by atoms with E-state index in [0.29, 0.717) is 39.0 Å². The van der Waals surface area contributed by atoms with Gasteiger partial charge in [0.1, 0.15) is 30.0 Å². The standard InChI is InChI=1S/C44H82N4O13/c1-15-18-45-41(53)46-19-17-20-48-24-25(3)22-42(9,54)38(61-40-34(49)31(47(12)13)21-26(4)57-40)27(5)35(60-33-23-43(10,56-14)37(51)30(8)58-33)28(6)39(52)59-32(16-2)44(11,55)36(50)29(48)7/h15,25-38,40,49-51,54-55H,1,16-24H2,2-14H3,(H2,45,46,53)/t25-,26-,27+,28-,29-,30+,31+,32-,33+,34-,35+,36-,37+,38-,40+,42-,43-,44-/m1/s1. The first-order valence-corrected chi connectivity index (χ1v) is 22.2. The van der Waals surface area contributed by atoms with Gasteiger partial charge in [0.2, 0.25) is 0 Å². The van der Waals surface area contributed by atoms with E-state index in [-0.39, 0.29) is 43.4 Å². The molecule has 18 atom stereocenters. The smallest absolute Gasteiger partial charge is 0.315 e. The second-order valence-corrected chi connectivity index (χ2v) is 19.0. The van der Waals surface area contributed by atoms with Gasteiger partial charge in [0.15, 0.2) is 12.6 Å². The normalized spacial score (nSPS) is 43.8. The van der Waals surface area contributed by atoms with Crippen LogP contribution in [0, 0.1) is 17.8 Å². The summed E-state index contributed by atoms with van der Waals surface area (Å²) in [4.78, 5) is 30.6. The highest BCUT2D eigenvalue weighted by Crippen LogP contribution is 2.40. The number of carbonyl (C=O) groups excluding carboxylic acids is 2. The lowest BCUT2D eigenvalue weighted by atomic mass is 9.77. The Morgan fingerprint density at radius 1 is 1.00 bits per heavy atom. The molecule has 2 amide bonds. The second kappa shape index (κ2) is 22.8. The molecule has 0 unspecified atom stereocenters. The van der Waals surface area contributed by atoms with Crippen LogP contribution in [0.25, 0.3) is 0 Å². The first-order chi connectivity index (χ1) is 28.3. The Morgan fingerprint density at radius 3 is 2.25 bits per heavy atom. The summed E-state index contributed by atoms with van der Waals surface area (Å²) < 4.78 is 37.9. The maximum Gasteiger partial charge on any atom is 0.315 e. The fraction of sp³-hybridized carbons (Fsp3) is 0.909. The van der Waals surface area contributed by atoms with Crippen molar-refractivity contribution >= 4 is 12.0 Å². The number of urea groups is 1. The molecule has 17 heteroatoms. The van der Waals surface area contributed by atoms with Gasteiger partial charge < -0.3 is 69.5 Å². The van der Waals surface area contributed by atoms with Gasteiger partial charge in [0.05, 0.1) is 41.5 Å². The number of rotatable bonds is 13. The van der Waals surface area contributed by atoms with Crippen LogP contribution in [0.5, 0.6) is 0 Å². The predicted molar refractivity (Wildman–Crippen MR) is 229 cm³/mol. The molecular formula is C44H82N4O13. The number of nitrogens with one attached hydrogen (secondary N) is 2. The number of aliphatic hydroxyl groups excluding tert-OH is 3. The minimum atomic E-state index is -1.90. The molecule has 0 aromatic carbocycles. The largest absolute Gasteiger partial charge is 0.459 e. The molecule has 3 aliphatic heterocycles. The van der Waals surface area contributed by atoms with Gasteiger partial charge in [-0.25, -0.2) is 4.79 Å². The van der Waals surface area contributed by atoms with Crippen LogP contribution in [0.1, 0.15) is 101 Å². The van der Waals surface area contributed by atoms with Crippen molar-refractivity contribution in [3.8, 4) is 0 Å². The average Bonchev–Trinajstić information content (AvgIpc) is 3.19. The lowest BCUT2D eigenvalue weighted by Gasteiger charge is -2.48. The molecule has 3 fully saturated rings. The van der Waals surface area contributed by atoms with E-state index in [4.69, 9.17) is 28.4 Å². The number of nitrogens with zero attached hydrogens (tertiary/aromatic N) is 2. The third kappa shape index (κ3) is 13.5. The number of esters is 1. The Kier molecular flexibility index (Phi) is 19.9. The van der Waals surface area contributed by atoms with E-state index in [1.54, 1.807) is 54.5 Å². The zero-order valence-electron chi connectivity index (χ0n) is 39.2. The molecule has 3 aliphatic rings. The summed E-state index contributed by atoms with van der Waals surface area (Å²) in [5.41, 5.74) is -4.60. The van der Waals surface area contributed by atoms with Crippen molar-refractivity contribution in [2.45, 2.75) is 192 Å². The van der Waals surface area contributed by atoms with Crippen molar-refractivity contribution in [1.29, 1.82) is 0 Å². The molecule has 0 aromatic heterocycles. The molecule has 0 saturated carbocycles. The minimum absolute atomic E-state index is 0.104. The first-order valence-electron chi connectivity index (χ1n) is 22.2. The van der Waals surface area contributed by atoms with Crippen LogP contribution in [-0.4, -0.2) is 185 Å². The molecule has 0 aliphatic carbocycles. The van der Waals surface area contributed by atoms with Gasteiger partial charge in [-0.15, -0.1) is 6.58 Å². The highest BCUT2D eigenvalue weighted by Gasteiger charge is 2.53. The third-order valence-electron chi connectivity index (χ3n) is 13.3. The highest BCUT2D eigenvalue weighted by atomic mass is 16.7. The number of hydrogen-bond acceptors (Lipinski definition) is 15. The molecule has 0 aromatic rings. The zero-order chi connectivity index (χ0) is 46.2. The summed E-state index contributed by atoms with van der Waals surface area (Å²) in [5.74, 6) is -2.84. The number of carbonyl (C=O) groups is 2. The van der Waals surface area contributed by atoms with Crippen LogP contribution in [-0.2, 0) is 33.2 Å². The molecule has 3 rings (SSSR count). The average molecular weight is 875 g/mol. The topological polar surface area (TPSA) is 221 Å². The number of methoxy groups -OCH3 is 1. The number of aliphatic hydroxyl groups is 5. The van der Waals surface area contributed by atoms with E-state index in [2.05, 4.69) is 17.2 Å².